The number of nitrogens with two attached hydrogens (primary N) is 1. The molecule has 90 valence electrons. The number of nitrogens with zero attached hydrogens (tertiary/aromatic N) is 1. The Hall–Kier alpha value is -0.860. The molecular weight excluding hydrogens is 196 g/mol. The summed E-state index contributed by atoms with van der Waals surface area (Å²) in [5.41, 5.74) is 7.28. The van der Waals surface area contributed by atoms with E-state index in [0.29, 0.717) is 6.04 Å². The van der Waals surface area contributed by atoms with E-state index in [1.165, 1.54) is 5.56 Å². The Labute approximate surface area is 99.5 Å². The SMILES string of the molecule is CC(c1ccccc1)N(C)CCC(C)(C)N. The molecular formula is C14H24N2. The molecule has 0 aliphatic carbocycles. The Morgan fingerprint density at radius 3 is 2.31 bits per heavy atom. The van der Waals surface area contributed by atoms with Crippen molar-refractivity contribution < 1.29 is 0 Å². The van der Waals surface area contributed by atoms with Crippen LogP contribution in [-0.4, -0.2) is 24.0 Å². The normalized spacial score (nSPS) is 14.1. The maximum absolute atomic E-state index is 6.00. The van der Waals surface area contributed by atoms with Gasteiger partial charge in [-0.2, -0.15) is 0 Å². The smallest absolute Gasteiger partial charge is 0.0316 e. The van der Waals surface area contributed by atoms with Crippen molar-refractivity contribution in [1.82, 2.24) is 4.90 Å². The Morgan fingerprint density at radius 2 is 1.81 bits per heavy atom. The topological polar surface area (TPSA) is 29.3 Å². The fourth-order valence-corrected chi connectivity index (χ4v) is 1.64. The molecule has 1 aromatic carbocycles. The molecule has 16 heavy (non-hydrogen) atoms. The summed E-state index contributed by atoms with van der Waals surface area (Å²) in [7, 11) is 2.16. The minimum atomic E-state index is -0.0787. The number of hydrogen-bond donors (Lipinski definition) is 1. The van der Waals surface area contributed by atoms with Crippen LogP contribution in [0.1, 0.15) is 38.8 Å². The molecule has 0 aliphatic rings. The predicted octanol–water partition coefficient (Wildman–Crippen LogP) is 2.81. The molecule has 1 atom stereocenters. The van der Waals surface area contributed by atoms with Crippen LogP contribution in [0.5, 0.6) is 0 Å². The summed E-state index contributed by atoms with van der Waals surface area (Å²) >= 11 is 0. The lowest BCUT2D eigenvalue weighted by molar-refractivity contribution is 0.238. The van der Waals surface area contributed by atoms with Gasteiger partial charge in [0.05, 0.1) is 0 Å². The van der Waals surface area contributed by atoms with Crippen LogP contribution in [-0.2, 0) is 0 Å². The first-order valence-corrected chi connectivity index (χ1v) is 5.94. The van der Waals surface area contributed by atoms with Crippen LogP contribution in [0.3, 0.4) is 0 Å². The van der Waals surface area contributed by atoms with Crippen molar-refractivity contribution in [1.29, 1.82) is 0 Å². The molecule has 0 saturated heterocycles. The summed E-state index contributed by atoms with van der Waals surface area (Å²) in [6.07, 6.45) is 1.01. The van der Waals surface area contributed by atoms with Gasteiger partial charge in [-0.05, 0) is 39.8 Å². The number of rotatable bonds is 5. The van der Waals surface area contributed by atoms with E-state index in [9.17, 15) is 0 Å². The Kier molecular flexibility index (Phi) is 4.51. The number of hydrogen-bond acceptors (Lipinski definition) is 2. The second kappa shape index (κ2) is 5.46. The van der Waals surface area contributed by atoms with Gasteiger partial charge in [-0.3, -0.25) is 4.90 Å². The van der Waals surface area contributed by atoms with Gasteiger partial charge in [0.1, 0.15) is 0 Å². The maximum Gasteiger partial charge on any atom is 0.0316 e. The second-order valence-corrected chi connectivity index (χ2v) is 5.31. The summed E-state index contributed by atoms with van der Waals surface area (Å²) < 4.78 is 0. The maximum atomic E-state index is 6.00. The lowest BCUT2D eigenvalue weighted by Gasteiger charge is -2.28. The highest BCUT2D eigenvalue weighted by atomic mass is 15.1. The molecule has 2 nitrogen and oxygen atoms in total. The Bertz CT molecular complexity index is 300. The Morgan fingerprint density at radius 1 is 1.25 bits per heavy atom. The highest BCUT2D eigenvalue weighted by Crippen LogP contribution is 2.19. The summed E-state index contributed by atoms with van der Waals surface area (Å²) in [6, 6.07) is 11.0. The first-order valence-electron chi connectivity index (χ1n) is 5.94. The van der Waals surface area contributed by atoms with E-state index in [4.69, 9.17) is 5.73 Å². The zero-order valence-electron chi connectivity index (χ0n) is 10.9. The average molecular weight is 220 g/mol. The minimum absolute atomic E-state index is 0.0787. The third-order valence-electron chi connectivity index (χ3n) is 3.05. The molecule has 1 unspecified atom stereocenters. The third-order valence-corrected chi connectivity index (χ3v) is 3.05. The lowest BCUT2D eigenvalue weighted by atomic mass is 10.0. The second-order valence-electron chi connectivity index (χ2n) is 5.31. The van der Waals surface area contributed by atoms with Crippen molar-refractivity contribution in [2.45, 2.75) is 38.8 Å². The van der Waals surface area contributed by atoms with Crippen molar-refractivity contribution in [2.24, 2.45) is 5.73 Å². The molecule has 0 heterocycles. The molecule has 2 heteroatoms. The van der Waals surface area contributed by atoms with Crippen molar-refractivity contribution >= 4 is 0 Å². The molecule has 1 rings (SSSR count). The van der Waals surface area contributed by atoms with Crippen LogP contribution in [0.2, 0.25) is 0 Å². The van der Waals surface area contributed by atoms with Gasteiger partial charge in [-0.25, -0.2) is 0 Å². The highest BCUT2D eigenvalue weighted by Gasteiger charge is 2.15. The highest BCUT2D eigenvalue weighted by molar-refractivity contribution is 5.18. The minimum Gasteiger partial charge on any atom is -0.326 e. The van der Waals surface area contributed by atoms with Gasteiger partial charge in [0, 0.05) is 18.1 Å². The van der Waals surface area contributed by atoms with Crippen molar-refractivity contribution in [3.05, 3.63) is 35.9 Å². The van der Waals surface area contributed by atoms with Crippen LogP contribution in [0.15, 0.2) is 30.3 Å². The first-order chi connectivity index (χ1) is 7.40. The van der Waals surface area contributed by atoms with E-state index >= 15 is 0 Å². The lowest BCUT2D eigenvalue weighted by Crippen LogP contribution is -2.37. The average Bonchev–Trinajstić information content (AvgIpc) is 2.25. The van der Waals surface area contributed by atoms with Crippen LogP contribution in [0, 0.1) is 0 Å². The van der Waals surface area contributed by atoms with Crippen molar-refractivity contribution in [3.63, 3.8) is 0 Å². The molecule has 0 saturated carbocycles. The third kappa shape index (κ3) is 4.33. The van der Waals surface area contributed by atoms with Crippen LogP contribution >= 0.6 is 0 Å². The van der Waals surface area contributed by atoms with E-state index < -0.39 is 0 Å². The molecule has 0 aliphatic heterocycles. The fourth-order valence-electron chi connectivity index (χ4n) is 1.64. The molecule has 0 aromatic heterocycles. The van der Waals surface area contributed by atoms with E-state index in [0.717, 1.165) is 13.0 Å². The molecule has 0 fully saturated rings. The molecule has 0 bridgehead atoms. The summed E-state index contributed by atoms with van der Waals surface area (Å²) in [4.78, 5) is 2.35. The molecule has 2 N–H and O–H groups in total. The monoisotopic (exact) mass is 220 g/mol. The van der Waals surface area contributed by atoms with Crippen LogP contribution in [0.4, 0.5) is 0 Å². The van der Waals surface area contributed by atoms with Gasteiger partial charge in [0.15, 0.2) is 0 Å². The van der Waals surface area contributed by atoms with Gasteiger partial charge >= 0.3 is 0 Å². The number of benzene rings is 1. The van der Waals surface area contributed by atoms with Gasteiger partial charge in [0.25, 0.3) is 0 Å². The van der Waals surface area contributed by atoms with Crippen molar-refractivity contribution in [2.75, 3.05) is 13.6 Å². The first kappa shape index (κ1) is 13.2. The zero-order chi connectivity index (χ0) is 12.2. The molecule has 1 aromatic rings. The fraction of sp³-hybridized carbons (Fsp3) is 0.571. The summed E-state index contributed by atoms with van der Waals surface area (Å²) in [6.45, 7) is 7.42. The molecule has 0 spiro atoms. The molecule has 0 amide bonds. The zero-order valence-corrected chi connectivity index (χ0v) is 10.9. The molecule has 0 radical (unpaired) electrons. The van der Waals surface area contributed by atoms with Gasteiger partial charge < -0.3 is 5.73 Å². The quantitative estimate of drug-likeness (QED) is 0.826. The largest absolute Gasteiger partial charge is 0.326 e. The van der Waals surface area contributed by atoms with Crippen molar-refractivity contribution in [3.8, 4) is 0 Å². The van der Waals surface area contributed by atoms with E-state index in [-0.39, 0.29) is 5.54 Å². The standard InChI is InChI=1S/C14H24N2/c1-12(13-8-6-5-7-9-13)16(4)11-10-14(2,3)15/h5-9,12H,10-11,15H2,1-4H3. The van der Waals surface area contributed by atoms with Gasteiger partial charge in [-0.15, -0.1) is 0 Å². The van der Waals surface area contributed by atoms with Gasteiger partial charge in [0.2, 0.25) is 0 Å². The Balaban J connectivity index is 2.52. The van der Waals surface area contributed by atoms with E-state index in [1.807, 2.05) is 0 Å². The van der Waals surface area contributed by atoms with Gasteiger partial charge in [-0.1, -0.05) is 30.3 Å². The van der Waals surface area contributed by atoms with Crippen LogP contribution in [0.25, 0.3) is 0 Å². The summed E-state index contributed by atoms with van der Waals surface area (Å²) in [5.74, 6) is 0. The predicted molar refractivity (Wildman–Crippen MR) is 70.4 cm³/mol. The summed E-state index contributed by atoms with van der Waals surface area (Å²) in [5, 5.41) is 0. The van der Waals surface area contributed by atoms with E-state index in [1.54, 1.807) is 0 Å². The van der Waals surface area contributed by atoms with E-state index in [2.05, 4.69) is 63.1 Å². The van der Waals surface area contributed by atoms with Crippen LogP contribution < -0.4 is 5.73 Å².